The standard InChI is InChI=1S/C22H26N2O3/c1-15-9-10-20(12-16(15)2)27-14-17(3)23-22(26)18-6-4-7-19(13-18)24-11-5-8-21(24)25/h4,6-7,9-10,12-13,17H,5,8,11,14H2,1-3H3,(H,23,26)/t17-/m1/s1. The number of carbonyl (C=O) groups excluding carboxylic acids is 2. The summed E-state index contributed by atoms with van der Waals surface area (Å²) >= 11 is 0. The van der Waals surface area contributed by atoms with E-state index in [0.29, 0.717) is 25.1 Å². The highest BCUT2D eigenvalue weighted by Gasteiger charge is 2.22. The van der Waals surface area contributed by atoms with E-state index in [1.807, 2.05) is 44.2 Å². The van der Waals surface area contributed by atoms with Gasteiger partial charge in [0.25, 0.3) is 5.91 Å². The fourth-order valence-corrected chi connectivity index (χ4v) is 3.11. The minimum atomic E-state index is -0.167. The van der Waals surface area contributed by atoms with E-state index in [1.54, 1.807) is 17.0 Å². The first-order valence-corrected chi connectivity index (χ1v) is 9.35. The molecule has 27 heavy (non-hydrogen) atoms. The molecular formula is C22H26N2O3. The number of ether oxygens (including phenoxy) is 1. The van der Waals surface area contributed by atoms with Crippen molar-refractivity contribution in [2.75, 3.05) is 18.1 Å². The highest BCUT2D eigenvalue weighted by Crippen LogP contribution is 2.22. The fourth-order valence-electron chi connectivity index (χ4n) is 3.11. The van der Waals surface area contributed by atoms with E-state index in [0.717, 1.165) is 17.9 Å². The SMILES string of the molecule is Cc1ccc(OC[C@@H](C)NC(=O)c2cccc(N3CCCC3=O)c2)cc1C. The maximum Gasteiger partial charge on any atom is 0.251 e. The summed E-state index contributed by atoms with van der Waals surface area (Å²) in [5, 5.41) is 2.95. The minimum absolute atomic E-state index is 0.114. The van der Waals surface area contributed by atoms with Crippen LogP contribution in [0, 0.1) is 13.8 Å². The van der Waals surface area contributed by atoms with Crippen molar-refractivity contribution in [1.82, 2.24) is 5.32 Å². The van der Waals surface area contributed by atoms with Crippen LogP contribution in [0.3, 0.4) is 0 Å². The molecule has 0 bridgehead atoms. The van der Waals surface area contributed by atoms with E-state index >= 15 is 0 Å². The fraction of sp³-hybridized carbons (Fsp3) is 0.364. The number of carbonyl (C=O) groups is 2. The molecule has 5 nitrogen and oxygen atoms in total. The van der Waals surface area contributed by atoms with Gasteiger partial charge in [0.2, 0.25) is 5.91 Å². The average Bonchev–Trinajstić information content (AvgIpc) is 3.09. The van der Waals surface area contributed by atoms with Crippen molar-refractivity contribution in [1.29, 1.82) is 0 Å². The molecule has 1 atom stereocenters. The molecule has 1 fully saturated rings. The number of anilines is 1. The quantitative estimate of drug-likeness (QED) is 0.849. The summed E-state index contributed by atoms with van der Waals surface area (Å²) in [5.41, 5.74) is 3.73. The van der Waals surface area contributed by atoms with Crippen LogP contribution >= 0.6 is 0 Å². The molecule has 0 aliphatic carbocycles. The van der Waals surface area contributed by atoms with Gasteiger partial charge >= 0.3 is 0 Å². The van der Waals surface area contributed by atoms with Gasteiger partial charge in [0.05, 0.1) is 6.04 Å². The second kappa shape index (κ2) is 8.25. The molecule has 5 heteroatoms. The first-order valence-electron chi connectivity index (χ1n) is 9.35. The Hall–Kier alpha value is -2.82. The smallest absolute Gasteiger partial charge is 0.251 e. The van der Waals surface area contributed by atoms with Crippen molar-refractivity contribution in [2.45, 2.75) is 39.7 Å². The topological polar surface area (TPSA) is 58.6 Å². The lowest BCUT2D eigenvalue weighted by molar-refractivity contribution is -0.117. The van der Waals surface area contributed by atoms with Gasteiger partial charge in [-0.05, 0) is 68.7 Å². The summed E-state index contributed by atoms with van der Waals surface area (Å²) < 4.78 is 5.79. The maximum atomic E-state index is 12.5. The number of nitrogens with one attached hydrogen (secondary N) is 1. The summed E-state index contributed by atoms with van der Waals surface area (Å²) in [4.78, 5) is 26.2. The Balaban J connectivity index is 1.58. The predicted octanol–water partition coefficient (Wildman–Crippen LogP) is 3.63. The van der Waals surface area contributed by atoms with Crippen molar-refractivity contribution >= 4 is 17.5 Å². The lowest BCUT2D eigenvalue weighted by Gasteiger charge is -2.18. The van der Waals surface area contributed by atoms with Crippen molar-refractivity contribution in [3.63, 3.8) is 0 Å². The minimum Gasteiger partial charge on any atom is -0.491 e. The number of benzene rings is 2. The molecule has 1 saturated heterocycles. The lowest BCUT2D eigenvalue weighted by Crippen LogP contribution is -2.37. The zero-order chi connectivity index (χ0) is 19.4. The van der Waals surface area contributed by atoms with Gasteiger partial charge in [0.15, 0.2) is 0 Å². The van der Waals surface area contributed by atoms with Crippen LogP contribution in [0.15, 0.2) is 42.5 Å². The van der Waals surface area contributed by atoms with Crippen LogP contribution in [0.25, 0.3) is 0 Å². The molecule has 2 aromatic rings. The second-order valence-corrected chi connectivity index (χ2v) is 7.13. The molecule has 0 spiro atoms. The highest BCUT2D eigenvalue weighted by atomic mass is 16.5. The molecule has 0 aromatic heterocycles. The monoisotopic (exact) mass is 366 g/mol. The van der Waals surface area contributed by atoms with E-state index in [-0.39, 0.29) is 17.9 Å². The molecule has 0 unspecified atom stereocenters. The summed E-state index contributed by atoms with van der Waals surface area (Å²) in [5.74, 6) is 0.746. The van der Waals surface area contributed by atoms with Crippen LogP contribution in [0.1, 0.15) is 41.3 Å². The first-order chi connectivity index (χ1) is 12.9. The third kappa shape index (κ3) is 4.67. The highest BCUT2D eigenvalue weighted by molar-refractivity contribution is 5.99. The number of hydrogen-bond acceptors (Lipinski definition) is 3. The second-order valence-electron chi connectivity index (χ2n) is 7.13. The van der Waals surface area contributed by atoms with E-state index in [4.69, 9.17) is 4.74 Å². The summed E-state index contributed by atoms with van der Waals surface area (Å²) in [6.07, 6.45) is 1.44. The van der Waals surface area contributed by atoms with Gasteiger partial charge in [-0.25, -0.2) is 0 Å². The van der Waals surface area contributed by atoms with Gasteiger partial charge in [-0.3, -0.25) is 9.59 Å². The third-order valence-corrected chi connectivity index (χ3v) is 4.85. The normalized spacial score (nSPS) is 14.9. The van der Waals surface area contributed by atoms with Crippen LogP contribution in [0.4, 0.5) is 5.69 Å². The van der Waals surface area contributed by atoms with Crippen LogP contribution in [-0.4, -0.2) is 31.0 Å². The Bertz CT molecular complexity index is 847. The molecule has 1 aliphatic heterocycles. The van der Waals surface area contributed by atoms with Crippen molar-refractivity contribution in [2.24, 2.45) is 0 Å². The molecular weight excluding hydrogens is 340 g/mol. The van der Waals surface area contributed by atoms with Gasteiger partial charge in [-0.1, -0.05) is 12.1 Å². The molecule has 142 valence electrons. The molecule has 3 rings (SSSR count). The molecule has 0 saturated carbocycles. The van der Waals surface area contributed by atoms with Gasteiger partial charge in [0, 0.05) is 24.2 Å². The predicted molar refractivity (Wildman–Crippen MR) is 106 cm³/mol. The Kier molecular flexibility index (Phi) is 5.79. The number of amides is 2. The number of aryl methyl sites for hydroxylation is 2. The van der Waals surface area contributed by atoms with E-state index in [1.165, 1.54) is 11.1 Å². The Morgan fingerprint density at radius 2 is 2.00 bits per heavy atom. The summed E-state index contributed by atoms with van der Waals surface area (Å²) in [7, 11) is 0. The molecule has 1 aliphatic rings. The third-order valence-electron chi connectivity index (χ3n) is 4.85. The van der Waals surface area contributed by atoms with Crippen molar-refractivity contribution < 1.29 is 14.3 Å². The first kappa shape index (κ1) is 19.0. The Labute approximate surface area is 160 Å². The van der Waals surface area contributed by atoms with Gasteiger partial charge < -0.3 is 15.0 Å². The lowest BCUT2D eigenvalue weighted by atomic mass is 10.1. The van der Waals surface area contributed by atoms with Crippen LogP contribution < -0.4 is 15.0 Å². The van der Waals surface area contributed by atoms with E-state index < -0.39 is 0 Å². The Morgan fingerprint density at radius 3 is 2.70 bits per heavy atom. The Morgan fingerprint density at radius 1 is 1.19 bits per heavy atom. The molecule has 1 N–H and O–H groups in total. The van der Waals surface area contributed by atoms with Crippen molar-refractivity contribution in [3.8, 4) is 5.75 Å². The zero-order valence-corrected chi connectivity index (χ0v) is 16.1. The maximum absolute atomic E-state index is 12.5. The molecule has 1 heterocycles. The van der Waals surface area contributed by atoms with Gasteiger partial charge in [-0.15, -0.1) is 0 Å². The largest absolute Gasteiger partial charge is 0.491 e. The zero-order valence-electron chi connectivity index (χ0n) is 16.1. The summed E-state index contributed by atoms with van der Waals surface area (Å²) in [6.45, 7) is 7.12. The number of nitrogens with zero attached hydrogens (tertiary/aromatic N) is 1. The number of rotatable bonds is 6. The molecule has 2 aromatic carbocycles. The van der Waals surface area contributed by atoms with Crippen LogP contribution in [0.2, 0.25) is 0 Å². The molecule has 2 amide bonds. The average molecular weight is 366 g/mol. The molecule has 0 radical (unpaired) electrons. The van der Waals surface area contributed by atoms with Crippen LogP contribution in [-0.2, 0) is 4.79 Å². The van der Waals surface area contributed by atoms with E-state index in [2.05, 4.69) is 12.2 Å². The van der Waals surface area contributed by atoms with E-state index in [9.17, 15) is 9.59 Å². The summed E-state index contributed by atoms with van der Waals surface area (Å²) in [6, 6.07) is 13.0. The van der Waals surface area contributed by atoms with Crippen LogP contribution in [0.5, 0.6) is 5.75 Å². The number of hydrogen-bond donors (Lipinski definition) is 1. The van der Waals surface area contributed by atoms with Crippen molar-refractivity contribution in [3.05, 3.63) is 59.2 Å². The van der Waals surface area contributed by atoms with Gasteiger partial charge in [-0.2, -0.15) is 0 Å². The van der Waals surface area contributed by atoms with Gasteiger partial charge in [0.1, 0.15) is 12.4 Å².